The molecule has 0 radical (unpaired) electrons. The normalized spacial score (nSPS) is 11.7. The number of hydrogen-bond donors (Lipinski definition) is 0. The standard InChI is InChI=1S/C18H18N4O/c1-13-15-11-7-8-12-16(15)17(21(2)19-13)20-22(3)18(23)14-9-5-4-6-10-14/h4-12H,1-3H3/b20-17-. The Morgan fingerprint density at radius 3 is 2.35 bits per heavy atom. The number of rotatable bonds is 2. The summed E-state index contributed by atoms with van der Waals surface area (Å²) in [6.45, 7) is 1.96. The van der Waals surface area contributed by atoms with Crippen LogP contribution in [0, 0.1) is 6.92 Å². The van der Waals surface area contributed by atoms with Crippen molar-refractivity contribution in [2.24, 2.45) is 12.1 Å². The molecule has 3 aromatic rings. The Balaban J connectivity index is 2.13. The van der Waals surface area contributed by atoms with E-state index >= 15 is 0 Å². The van der Waals surface area contributed by atoms with Crippen LogP contribution < -0.4 is 5.49 Å². The van der Waals surface area contributed by atoms with Crippen LogP contribution in [0.5, 0.6) is 0 Å². The van der Waals surface area contributed by atoms with Gasteiger partial charge < -0.3 is 0 Å². The third kappa shape index (κ3) is 2.85. The van der Waals surface area contributed by atoms with Crippen LogP contribution in [0.1, 0.15) is 16.1 Å². The molecular formula is C18H18N4O. The van der Waals surface area contributed by atoms with Gasteiger partial charge >= 0.3 is 0 Å². The Morgan fingerprint density at radius 2 is 1.65 bits per heavy atom. The molecule has 2 aromatic carbocycles. The number of fused-ring (bicyclic) bond motifs is 1. The van der Waals surface area contributed by atoms with Gasteiger partial charge in [-0.2, -0.15) is 5.10 Å². The van der Waals surface area contributed by atoms with Gasteiger partial charge in [-0.05, 0) is 19.1 Å². The van der Waals surface area contributed by atoms with E-state index in [1.165, 1.54) is 5.01 Å². The molecule has 0 aliphatic heterocycles. The van der Waals surface area contributed by atoms with E-state index in [9.17, 15) is 4.79 Å². The Bertz CT molecular complexity index is 929. The van der Waals surface area contributed by atoms with Gasteiger partial charge in [0, 0.05) is 30.4 Å². The Hall–Kier alpha value is -2.95. The van der Waals surface area contributed by atoms with E-state index in [2.05, 4.69) is 10.2 Å². The maximum absolute atomic E-state index is 12.5. The van der Waals surface area contributed by atoms with E-state index in [-0.39, 0.29) is 5.91 Å². The van der Waals surface area contributed by atoms with Gasteiger partial charge in [0.05, 0.1) is 5.69 Å². The number of benzene rings is 2. The first-order chi connectivity index (χ1) is 11.1. The molecule has 0 bridgehead atoms. The van der Waals surface area contributed by atoms with Gasteiger partial charge in [-0.3, -0.25) is 4.79 Å². The number of carbonyl (C=O) groups excluding carboxylic acids is 1. The van der Waals surface area contributed by atoms with E-state index in [4.69, 9.17) is 0 Å². The lowest BCUT2D eigenvalue weighted by molar-refractivity contribution is 0.0791. The van der Waals surface area contributed by atoms with Gasteiger partial charge in [0.1, 0.15) is 0 Å². The zero-order chi connectivity index (χ0) is 16.4. The van der Waals surface area contributed by atoms with E-state index < -0.39 is 0 Å². The molecule has 0 N–H and O–H groups in total. The molecule has 1 heterocycles. The minimum Gasteiger partial charge on any atom is -0.267 e. The summed E-state index contributed by atoms with van der Waals surface area (Å²) in [6.07, 6.45) is 0. The second-order valence-corrected chi connectivity index (χ2v) is 5.37. The lowest BCUT2D eigenvalue weighted by Crippen LogP contribution is -2.30. The molecule has 0 aliphatic carbocycles. The fourth-order valence-corrected chi connectivity index (χ4v) is 2.57. The van der Waals surface area contributed by atoms with Gasteiger partial charge in [0.2, 0.25) is 0 Å². The van der Waals surface area contributed by atoms with Crippen molar-refractivity contribution in [2.45, 2.75) is 6.92 Å². The Morgan fingerprint density at radius 1 is 1.04 bits per heavy atom. The van der Waals surface area contributed by atoms with Crippen molar-refractivity contribution in [3.05, 3.63) is 71.3 Å². The average molecular weight is 306 g/mol. The molecule has 0 fully saturated rings. The van der Waals surface area contributed by atoms with Crippen LogP contribution in [0.25, 0.3) is 10.8 Å². The molecule has 3 rings (SSSR count). The topological polar surface area (TPSA) is 50.5 Å². The third-order valence-corrected chi connectivity index (χ3v) is 3.72. The summed E-state index contributed by atoms with van der Waals surface area (Å²) in [5.74, 6) is -0.157. The maximum atomic E-state index is 12.5. The van der Waals surface area contributed by atoms with Crippen LogP contribution in [0.4, 0.5) is 0 Å². The van der Waals surface area contributed by atoms with Crippen LogP contribution in [-0.2, 0) is 7.05 Å². The summed E-state index contributed by atoms with van der Waals surface area (Å²) in [5, 5.41) is 12.3. The van der Waals surface area contributed by atoms with Crippen LogP contribution in [0.2, 0.25) is 0 Å². The van der Waals surface area contributed by atoms with Crippen molar-refractivity contribution in [2.75, 3.05) is 7.05 Å². The zero-order valence-electron chi connectivity index (χ0n) is 13.4. The summed E-state index contributed by atoms with van der Waals surface area (Å²) < 4.78 is 1.70. The molecule has 1 amide bonds. The average Bonchev–Trinajstić information content (AvgIpc) is 2.58. The minimum absolute atomic E-state index is 0.157. The lowest BCUT2D eigenvalue weighted by atomic mass is 10.1. The highest BCUT2D eigenvalue weighted by atomic mass is 16.2. The Labute approximate surface area is 134 Å². The van der Waals surface area contributed by atoms with Crippen LogP contribution >= 0.6 is 0 Å². The van der Waals surface area contributed by atoms with E-state index in [0.29, 0.717) is 11.1 Å². The molecule has 116 valence electrons. The molecule has 5 heteroatoms. The predicted molar refractivity (Wildman–Crippen MR) is 89.5 cm³/mol. The summed E-state index contributed by atoms with van der Waals surface area (Å²) in [6, 6.07) is 17.0. The van der Waals surface area contributed by atoms with Gasteiger partial charge in [-0.25, -0.2) is 9.69 Å². The fraction of sp³-hybridized carbons (Fsp3) is 0.167. The summed E-state index contributed by atoms with van der Waals surface area (Å²) >= 11 is 0. The second kappa shape index (κ2) is 6.04. The first kappa shape index (κ1) is 15.0. The summed E-state index contributed by atoms with van der Waals surface area (Å²) in [4.78, 5) is 12.5. The van der Waals surface area contributed by atoms with Crippen LogP contribution in [-0.4, -0.2) is 27.7 Å². The molecule has 0 unspecified atom stereocenters. The zero-order valence-corrected chi connectivity index (χ0v) is 13.4. The van der Waals surface area contributed by atoms with Crippen molar-refractivity contribution in [1.82, 2.24) is 14.8 Å². The molecule has 1 aromatic heterocycles. The Kier molecular flexibility index (Phi) is 3.93. The highest BCUT2D eigenvalue weighted by Crippen LogP contribution is 2.12. The van der Waals surface area contributed by atoms with Gasteiger partial charge in [0.25, 0.3) is 5.91 Å². The first-order valence-corrected chi connectivity index (χ1v) is 7.38. The molecule has 0 saturated heterocycles. The van der Waals surface area contributed by atoms with E-state index in [1.807, 2.05) is 56.4 Å². The largest absolute Gasteiger partial charge is 0.273 e. The smallest absolute Gasteiger partial charge is 0.267 e. The van der Waals surface area contributed by atoms with E-state index in [0.717, 1.165) is 16.5 Å². The van der Waals surface area contributed by atoms with Crippen molar-refractivity contribution in [1.29, 1.82) is 0 Å². The number of aromatic nitrogens is 2. The molecular weight excluding hydrogens is 288 g/mol. The number of hydrogen-bond acceptors (Lipinski definition) is 3. The summed E-state index contributed by atoms with van der Waals surface area (Å²) in [7, 11) is 3.49. The minimum atomic E-state index is -0.157. The number of amides is 1. The highest BCUT2D eigenvalue weighted by Gasteiger charge is 2.11. The molecule has 0 atom stereocenters. The predicted octanol–water partition coefficient (Wildman–Crippen LogP) is 2.47. The third-order valence-electron chi connectivity index (χ3n) is 3.72. The number of nitrogens with zero attached hydrogens (tertiary/aromatic N) is 4. The van der Waals surface area contributed by atoms with Crippen molar-refractivity contribution in [3.63, 3.8) is 0 Å². The number of carbonyl (C=O) groups is 1. The number of aryl methyl sites for hydroxylation is 2. The SMILES string of the molecule is Cc1nn(C)/c(=N\N(C)C(=O)c2ccccc2)c2ccccc12. The lowest BCUT2D eigenvalue weighted by Gasteiger charge is -2.13. The quantitative estimate of drug-likeness (QED) is 0.683. The van der Waals surface area contributed by atoms with Gasteiger partial charge in [-0.1, -0.05) is 42.5 Å². The molecule has 0 aliphatic rings. The molecule has 0 spiro atoms. The second-order valence-electron chi connectivity index (χ2n) is 5.37. The fourth-order valence-electron chi connectivity index (χ4n) is 2.57. The molecule has 0 saturated carbocycles. The van der Waals surface area contributed by atoms with Gasteiger partial charge in [0.15, 0.2) is 5.49 Å². The van der Waals surface area contributed by atoms with E-state index in [1.54, 1.807) is 23.9 Å². The molecule has 5 nitrogen and oxygen atoms in total. The highest BCUT2D eigenvalue weighted by molar-refractivity contribution is 5.93. The maximum Gasteiger partial charge on any atom is 0.273 e. The van der Waals surface area contributed by atoms with Gasteiger partial charge in [-0.15, -0.1) is 5.10 Å². The first-order valence-electron chi connectivity index (χ1n) is 7.38. The monoisotopic (exact) mass is 306 g/mol. The van der Waals surface area contributed by atoms with Crippen LogP contribution in [0.15, 0.2) is 59.7 Å². The van der Waals surface area contributed by atoms with Crippen molar-refractivity contribution in [3.8, 4) is 0 Å². The summed E-state index contributed by atoms with van der Waals surface area (Å²) in [5.41, 5.74) is 2.18. The van der Waals surface area contributed by atoms with Crippen LogP contribution in [0.3, 0.4) is 0 Å². The van der Waals surface area contributed by atoms with Crippen molar-refractivity contribution >= 4 is 16.7 Å². The molecule has 23 heavy (non-hydrogen) atoms. The van der Waals surface area contributed by atoms with Crippen molar-refractivity contribution < 1.29 is 4.79 Å².